The van der Waals surface area contributed by atoms with Crippen LogP contribution in [-0.4, -0.2) is 85.6 Å². The van der Waals surface area contributed by atoms with Gasteiger partial charge in [0.2, 0.25) is 0 Å². The summed E-state index contributed by atoms with van der Waals surface area (Å²) in [5.41, 5.74) is 7.19. The Labute approximate surface area is 422 Å². The van der Waals surface area contributed by atoms with Crippen molar-refractivity contribution in [2.75, 3.05) is 19.7 Å². The number of phenols is 2. The van der Waals surface area contributed by atoms with E-state index in [9.17, 15) is 30.3 Å². The Kier molecular flexibility index (Phi) is 14.6. The Hall–Kier alpha value is -6.36. The third-order valence-electron chi connectivity index (χ3n) is 15.8. The lowest BCUT2D eigenvalue weighted by Crippen LogP contribution is -2.41. The maximum absolute atomic E-state index is 16.0. The summed E-state index contributed by atoms with van der Waals surface area (Å²) in [5.74, 6) is 3.81. The third-order valence-corrected chi connectivity index (χ3v) is 15.8. The third kappa shape index (κ3) is 10.4. The van der Waals surface area contributed by atoms with E-state index in [1.165, 1.54) is 0 Å². The topological polar surface area (TPSA) is 201 Å². The lowest BCUT2D eigenvalue weighted by molar-refractivity contribution is -0.135. The Balaban J connectivity index is 1.15. The molecular weight excluding hydrogens is 905 g/mol. The van der Waals surface area contributed by atoms with Crippen LogP contribution in [0, 0.1) is 29.6 Å². The van der Waals surface area contributed by atoms with Crippen molar-refractivity contribution in [2.45, 2.75) is 127 Å². The first-order valence-electron chi connectivity index (χ1n) is 26.1. The molecule has 5 bridgehead atoms. The van der Waals surface area contributed by atoms with E-state index in [2.05, 4.69) is 47.3 Å². The molecule has 12 nitrogen and oxygen atoms in total. The standard InChI is InChI=1S/C60H66N4O8/c1-2-23-61-35-41-13-14-50-48-33-51-46(19-25-62-51)49(34-60(71)21-16-38-6-5-9-52(66)45(38)17-22-60)56(48)58(70)47(20-26-65)53(67)15-11-37-29-43(57(69)55(30-37)72-44-7-3-4-8-44)28-36-10-12-39(32-54(41)68)42(27-36)31-40-18-24-63-59(40)64-50/h5-6,9-10,12,17-19,22,24-25,27,29-30,33,41,44,47,49-50,54,56,61,63,65-66,68-69,71H,2-4,7-8,11,15-16,20-21,23,26,28,31-32,34-35H2,1H3/q-2/t41-,47-,49-,50-,54-,56+,60-/m1/s1. The summed E-state index contributed by atoms with van der Waals surface area (Å²) in [6.45, 7) is 2.80. The smallest absolute Gasteiger partial charge is 0.161 e. The van der Waals surface area contributed by atoms with E-state index >= 15 is 4.79 Å². The van der Waals surface area contributed by atoms with Gasteiger partial charge in [0, 0.05) is 49.1 Å². The number of aryl methyl sites for hydroxylation is 2. The Bertz CT molecular complexity index is 2930. The van der Waals surface area contributed by atoms with Crippen molar-refractivity contribution >= 4 is 29.5 Å². The number of aromatic nitrogens is 2. The fourth-order valence-electron chi connectivity index (χ4n) is 11.9. The fourth-order valence-corrected chi connectivity index (χ4v) is 11.9. The van der Waals surface area contributed by atoms with Gasteiger partial charge in [-0.05, 0) is 141 Å². The number of aliphatic hydroxyl groups excluding tert-OH is 2. The van der Waals surface area contributed by atoms with Gasteiger partial charge in [-0.25, -0.2) is 0 Å². The predicted molar refractivity (Wildman–Crippen MR) is 277 cm³/mol. The number of nitrogens with one attached hydrogen (secondary N) is 2. The molecule has 4 heterocycles. The van der Waals surface area contributed by atoms with Crippen LogP contribution in [0.25, 0.3) is 17.5 Å². The van der Waals surface area contributed by atoms with Crippen molar-refractivity contribution in [1.29, 1.82) is 0 Å². The molecule has 0 saturated heterocycles. The summed E-state index contributed by atoms with van der Waals surface area (Å²) in [4.78, 5) is 39.1. The van der Waals surface area contributed by atoms with Crippen molar-refractivity contribution in [1.82, 2.24) is 15.3 Å². The summed E-state index contributed by atoms with van der Waals surface area (Å²) >= 11 is 0. The summed E-state index contributed by atoms with van der Waals surface area (Å²) in [7, 11) is 0. The average molecular weight is 971 g/mol. The predicted octanol–water partition coefficient (Wildman–Crippen LogP) is 8.46. The first-order valence-corrected chi connectivity index (χ1v) is 26.1. The van der Waals surface area contributed by atoms with Gasteiger partial charge >= 0.3 is 0 Å². The molecule has 7 N–H and O–H groups in total. The number of phenolic OH excluding ortho intramolecular Hbond substituents is 2. The van der Waals surface area contributed by atoms with Crippen molar-refractivity contribution in [3.05, 3.63) is 146 Å². The number of ketones is 2. The maximum atomic E-state index is 16.0. The van der Waals surface area contributed by atoms with Crippen LogP contribution in [0.2, 0.25) is 0 Å². The molecule has 0 radical (unpaired) electrons. The first kappa shape index (κ1) is 49.2. The quantitative estimate of drug-likeness (QED) is 0.0405. The Morgan fingerprint density at radius 1 is 0.917 bits per heavy atom. The van der Waals surface area contributed by atoms with Crippen LogP contribution >= 0.6 is 0 Å². The van der Waals surface area contributed by atoms with E-state index in [1.54, 1.807) is 30.5 Å². The summed E-state index contributed by atoms with van der Waals surface area (Å²) in [6.07, 6.45) is 14.9. The van der Waals surface area contributed by atoms with Gasteiger partial charge < -0.3 is 50.9 Å². The molecule has 3 aromatic carbocycles. The lowest BCUT2D eigenvalue weighted by Gasteiger charge is -2.42. The summed E-state index contributed by atoms with van der Waals surface area (Å²) in [6, 6.07) is 18.3. The van der Waals surface area contributed by atoms with E-state index in [0.29, 0.717) is 72.6 Å². The zero-order valence-electron chi connectivity index (χ0n) is 41.1. The van der Waals surface area contributed by atoms with Crippen molar-refractivity contribution in [2.24, 2.45) is 17.8 Å². The number of aromatic hydroxyl groups is 2. The number of rotatable bonds is 10. The minimum Gasteiger partial charge on any atom is -0.664 e. The van der Waals surface area contributed by atoms with Crippen molar-refractivity contribution in [3.8, 4) is 29.1 Å². The van der Waals surface area contributed by atoms with Gasteiger partial charge in [0.05, 0.1) is 29.6 Å². The molecule has 2 aromatic heterocycles. The number of aliphatic hydroxyl groups is 3. The number of hydrogen-bond donors (Lipinski definition) is 7. The molecule has 3 aliphatic carbocycles. The van der Waals surface area contributed by atoms with E-state index < -0.39 is 53.8 Å². The highest BCUT2D eigenvalue weighted by Crippen LogP contribution is 2.49. The Morgan fingerprint density at radius 3 is 2.60 bits per heavy atom. The molecule has 0 spiro atoms. The van der Waals surface area contributed by atoms with Gasteiger partial charge in [-0.3, -0.25) is 9.59 Å². The second-order valence-electron chi connectivity index (χ2n) is 20.8. The number of nitrogens with zero attached hydrogens (tertiary/aromatic N) is 2. The van der Waals surface area contributed by atoms with Crippen LogP contribution in [0.3, 0.4) is 0 Å². The number of fused-ring (bicyclic) bond motifs is 8. The number of hydrogen-bond acceptors (Lipinski definition) is 9. The lowest BCUT2D eigenvalue weighted by atomic mass is 9.65. The molecule has 0 amide bonds. The molecule has 5 aliphatic rings. The zero-order valence-corrected chi connectivity index (χ0v) is 41.1. The number of aromatic amines is 1. The number of Topliss-reactive ketones (excluding diaryl/α,β-unsaturated/α-hetero) is 2. The van der Waals surface area contributed by atoms with Gasteiger partial charge in [-0.15, -0.1) is 5.69 Å². The molecule has 1 fully saturated rings. The molecular formula is C60H66N4O8-2. The SMILES string of the molecule is CCCNC[C@H]1C#C[C@H]2[N-]c3[nH]ccc3Cc3cc(ccc3C[C@H]1O)Cc1cc(cc(OC3CCCC3)c1O)CCC(=O)[C@@H](CCO)C(=O)[C@H]1C2=Cc2[n-]ccc2[C@H]1C[C@]1(O)C=Cc2c(O)cccc2CC1. The van der Waals surface area contributed by atoms with Gasteiger partial charge in [0.25, 0.3) is 0 Å². The molecule has 72 heavy (non-hydrogen) atoms. The number of carbonyl (C=O) groups excluding carboxylic acids is 2. The fraction of sp³-hybridized carbons (Fsp3) is 0.433. The van der Waals surface area contributed by atoms with Crippen LogP contribution < -0.4 is 15.0 Å². The molecule has 7 atom stereocenters. The second-order valence-corrected chi connectivity index (χ2v) is 20.8. The number of H-pyrrole nitrogens is 1. The minimum atomic E-state index is -1.46. The van der Waals surface area contributed by atoms with E-state index in [0.717, 1.165) is 77.6 Å². The molecule has 376 valence electrons. The van der Waals surface area contributed by atoms with Crippen LogP contribution in [0.4, 0.5) is 5.82 Å². The second kappa shape index (κ2) is 21.4. The van der Waals surface area contributed by atoms with E-state index in [1.807, 2.05) is 42.6 Å². The highest BCUT2D eigenvalue weighted by molar-refractivity contribution is 6.05. The van der Waals surface area contributed by atoms with Crippen molar-refractivity contribution in [3.63, 3.8) is 0 Å². The zero-order chi connectivity index (χ0) is 49.9. The molecule has 12 heteroatoms. The van der Waals surface area contributed by atoms with Gasteiger partial charge in [-0.2, -0.15) is 6.20 Å². The first-order chi connectivity index (χ1) is 35.0. The monoisotopic (exact) mass is 970 g/mol. The normalized spacial score (nSPS) is 25.3. The van der Waals surface area contributed by atoms with E-state index in [4.69, 9.17) is 15.0 Å². The highest BCUT2D eigenvalue weighted by atomic mass is 16.5. The van der Waals surface area contributed by atoms with Crippen LogP contribution in [0.15, 0.2) is 84.7 Å². The van der Waals surface area contributed by atoms with Gasteiger partial charge in [0.15, 0.2) is 17.3 Å². The van der Waals surface area contributed by atoms with Gasteiger partial charge in [-0.1, -0.05) is 103 Å². The van der Waals surface area contributed by atoms with Crippen LogP contribution in [-0.2, 0) is 41.7 Å². The number of ether oxygens (including phenoxy) is 1. The number of benzene rings is 3. The highest BCUT2D eigenvalue weighted by Gasteiger charge is 2.45. The molecule has 5 aromatic rings. The van der Waals surface area contributed by atoms with Crippen LogP contribution in [0.5, 0.6) is 17.2 Å². The molecule has 10 rings (SSSR count). The van der Waals surface area contributed by atoms with Gasteiger partial charge in [0.1, 0.15) is 11.5 Å². The minimum absolute atomic E-state index is 0.0137. The largest absolute Gasteiger partial charge is 0.664 e. The van der Waals surface area contributed by atoms with E-state index in [-0.39, 0.29) is 49.1 Å². The summed E-state index contributed by atoms with van der Waals surface area (Å²) in [5, 5.41) is 67.3. The maximum Gasteiger partial charge on any atom is 0.161 e. The number of carbonyl (C=O) groups is 2. The molecule has 2 aliphatic heterocycles. The van der Waals surface area contributed by atoms with Crippen LogP contribution in [0.1, 0.15) is 126 Å². The average Bonchev–Trinajstić information content (AvgIpc) is 4.15. The molecule has 0 unspecified atom stereocenters. The summed E-state index contributed by atoms with van der Waals surface area (Å²) < 4.78 is 6.50. The Morgan fingerprint density at radius 2 is 1.76 bits per heavy atom. The molecule has 1 saturated carbocycles. The van der Waals surface area contributed by atoms with Crippen molar-refractivity contribution < 1.29 is 39.9 Å².